The van der Waals surface area contributed by atoms with Crippen molar-refractivity contribution in [1.82, 2.24) is 5.32 Å². The number of imide groups is 1. The summed E-state index contributed by atoms with van der Waals surface area (Å²) < 4.78 is 11.4. The van der Waals surface area contributed by atoms with Crippen LogP contribution in [0.25, 0.3) is 6.08 Å². The van der Waals surface area contributed by atoms with Gasteiger partial charge in [0.2, 0.25) is 0 Å². The fourth-order valence-corrected chi connectivity index (χ4v) is 3.09. The maximum Gasteiger partial charge on any atom is 0.290 e. The van der Waals surface area contributed by atoms with Crippen LogP contribution in [0, 0.1) is 13.8 Å². The van der Waals surface area contributed by atoms with E-state index in [1.165, 1.54) is 0 Å². The van der Waals surface area contributed by atoms with Crippen LogP contribution in [-0.4, -0.2) is 24.4 Å². The molecule has 0 radical (unpaired) electrons. The van der Waals surface area contributed by atoms with Gasteiger partial charge in [-0.15, -0.1) is 0 Å². The lowest BCUT2D eigenvalue weighted by Gasteiger charge is -2.11. The Labute approximate surface area is 156 Å². The van der Waals surface area contributed by atoms with Crippen molar-refractivity contribution in [3.05, 3.63) is 64.1 Å². The summed E-state index contributed by atoms with van der Waals surface area (Å²) in [5.41, 5.74) is 3.09. The second kappa shape index (κ2) is 8.10. The molecule has 26 heavy (non-hydrogen) atoms. The fourth-order valence-electron chi connectivity index (χ4n) is 2.41. The Morgan fingerprint density at radius 2 is 1.73 bits per heavy atom. The van der Waals surface area contributed by atoms with Gasteiger partial charge in [-0.05, 0) is 66.6 Å². The first kappa shape index (κ1) is 18.1. The van der Waals surface area contributed by atoms with Gasteiger partial charge in [0.25, 0.3) is 11.1 Å². The minimum Gasteiger partial charge on any atom is -0.490 e. The van der Waals surface area contributed by atoms with Gasteiger partial charge in [0.15, 0.2) is 0 Å². The highest BCUT2D eigenvalue weighted by Gasteiger charge is 2.24. The third-order valence-electron chi connectivity index (χ3n) is 3.77. The molecule has 0 aliphatic carbocycles. The SMILES string of the molecule is Cc1ccc(C)c(OCCOc2ccc(/C=C3\SC(=O)NC3=O)cc2)c1. The van der Waals surface area contributed by atoms with Crippen molar-refractivity contribution in [3.8, 4) is 11.5 Å². The Bertz CT molecular complexity index is 859. The first-order valence-electron chi connectivity index (χ1n) is 8.19. The summed E-state index contributed by atoms with van der Waals surface area (Å²) in [7, 11) is 0. The van der Waals surface area contributed by atoms with Crippen LogP contribution in [0.3, 0.4) is 0 Å². The number of hydrogen-bond acceptors (Lipinski definition) is 5. The molecule has 0 saturated carbocycles. The van der Waals surface area contributed by atoms with E-state index in [1.54, 1.807) is 6.08 Å². The molecular formula is C20H19NO4S. The molecule has 3 rings (SSSR count). The van der Waals surface area contributed by atoms with Crippen molar-refractivity contribution in [2.75, 3.05) is 13.2 Å². The number of aryl methyl sites for hydroxylation is 2. The first-order chi connectivity index (χ1) is 12.5. The Morgan fingerprint density at radius 1 is 1.00 bits per heavy atom. The predicted octanol–water partition coefficient (Wildman–Crippen LogP) is 4.09. The normalized spacial score (nSPS) is 15.2. The quantitative estimate of drug-likeness (QED) is 0.614. The molecule has 1 fully saturated rings. The average Bonchev–Trinajstić information content (AvgIpc) is 2.93. The maximum absolute atomic E-state index is 11.5. The van der Waals surface area contributed by atoms with Crippen LogP contribution in [0.15, 0.2) is 47.4 Å². The number of hydrogen-bond donors (Lipinski definition) is 1. The summed E-state index contributed by atoms with van der Waals surface area (Å²) in [4.78, 5) is 23.1. The third kappa shape index (κ3) is 4.67. The molecule has 1 saturated heterocycles. The lowest BCUT2D eigenvalue weighted by molar-refractivity contribution is -0.115. The highest BCUT2D eigenvalue weighted by atomic mass is 32.2. The minimum atomic E-state index is -0.357. The van der Waals surface area contributed by atoms with Crippen LogP contribution in [0.5, 0.6) is 11.5 Å². The molecule has 1 N–H and O–H groups in total. The van der Waals surface area contributed by atoms with Gasteiger partial charge in [-0.3, -0.25) is 14.9 Å². The summed E-state index contributed by atoms with van der Waals surface area (Å²) in [6.45, 7) is 4.93. The lowest BCUT2D eigenvalue weighted by Crippen LogP contribution is -2.17. The minimum absolute atomic E-state index is 0.343. The Hall–Kier alpha value is -2.73. The number of benzene rings is 2. The molecule has 2 aromatic rings. The van der Waals surface area contributed by atoms with E-state index in [-0.39, 0.29) is 11.1 Å². The van der Waals surface area contributed by atoms with Crippen LogP contribution in [0.2, 0.25) is 0 Å². The predicted molar refractivity (Wildman–Crippen MR) is 102 cm³/mol. The molecule has 0 bridgehead atoms. The van der Waals surface area contributed by atoms with Gasteiger partial charge in [-0.1, -0.05) is 24.3 Å². The second-order valence-corrected chi connectivity index (χ2v) is 6.90. The van der Waals surface area contributed by atoms with Crippen LogP contribution >= 0.6 is 11.8 Å². The summed E-state index contributed by atoms with van der Waals surface area (Å²) in [6.07, 6.45) is 1.68. The molecule has 1 heterocycles. The van der Waals surface area contributed by atoms with Crippen LogP contribution < -0.4 is 14.8 Å². The monoisotopic (exact) mass is 369 g/mol. The number of amides is 2. The van der Waals surface area contributed by atoms with Gasteiger partial charge in [0, 0.05) is 0 Å². The number of carbonyl (C=O) groups is 2. The third-order valence-corrected chi connectivity index (χ3v) is 4.58. The van der Waals surface area contributed by atoms with Crippen LogP contribution in [0.1, 0.15) is 16.7 Å². The largest absolute Gasteiger partial charge is 0.490 e. The van der Waals surface area contributed by atoms with Crippen molar-refractivity contribution in [2.45, 2.75) is 13.8 Å². The summed E-state index contributed by atoms with van der Waals surface area (Å²) in [6, 6.07) is 13.4. The van der Waals surface area contributed by atoms with Gasteiger partial charge in [0.05, 0.1) is 4.91 Å². The molecule has 1 aliphatic heterocycles. The van der Waals surface area contributed by atoms with Gasteiger partial charge in [-0.25, -0.2) is 0 Å². The van der Waals surface area contributed by atoms with Crippen molar-refractivity contribution < 1.29 is 19.1 Å². The number of nitrogens with one attached hydrogen (secondary N) is 1. The molecule has 2 amide bonds. The van der Waals surface area contributed by atoms with Gasteiger partial charge < -0.3 is 9.47 Å². The zero-order valence-electron chi connectivity index (χ0n) is 14.6. The van der Waals surface area contributed by atoms with E-state index in [0.29, 0.717) is 18.1 Å². The van der Waals surface area contributed by atoms with Crippen molar-refractivity contribution >= 4 is 29.0 Å². The second-order valence-electron chi connectivity index (χ2n) is 5.89. The van der Waals surface area contributed by atoms with E-state index >= 15 is 0 Å². The van der Waals surface area contributed by atoms with Crippen molar-refractivity contribution in [3.63, 3.8) is 0 Å². The molecule has 134 valence electrons. The Morgan fingerprint density at radius 3 is 2.42 bits per heavy atom. The molecule has 0 atom stereocenters. The first-order valence-corrected chi connectivity index (χ1v) is 9.01. The molecule has 0 unspecified atom stereocenters. The molecule has 6 heteroatoms. The fraction of sp³-hybridized carbons (Fsp3) is 0.200. The Kier molecular flexibility index (Phi) is 5.63. The molecule has 0 aromatic heterocycles. The average molecular weight is 369 g/mol. The highest BCUT2D eigenvalue weighted by Crippen LogP contribution is 2.26. The molecular weight excluding hydrogens is 350 g/mol. The highest BCUT2D eigenvalue weighted by molar-refractivity contribution is 8.18. The summed E-state index contributed by atoms with van der Waals surface area (Å²) >= 11 is 0.903. The van der Waals surface area contributed by atoms with Crippen LogP contribution in [-0.2, 0) is 4.79 Å². The van der Waals surface area contributed by atoms with E-state index in [0.717, 1.165) is 40.0 Å². The van der Waals surface area contributed by atoms with Gasteiger partial charge >= 0.3 is 0 Å². The van der Waals surface area contributed by atoms with Gasteiger partial charge in [-0.2, -0.15) is 0 Å². The number of ether oxygens (including phenoxy) is 2. The van der Waals surface area contributed by atoms with E-state index in [4.69, 9.17) is 9.47 Å². The topological polar surface area (TPSA) is 64.6 Å². The lowest BCUT2D eigenvalue weighted by atomic mass is 10.1. The van der Waals surface area contributed by atoms with E-state index < -0.39 is 0 Å². The van der Waals surface area contributed by atoms with Crippen molar-refractivity contribution in [1.29, 1.82) is 0 Å². The van der Waals surface area contributed by atoms with E-state index in [1.807, 2.05) is 50.2 Å². The summed E-state index contributed by atoms with van der Waals surface area (Å²) in [5.74, 6) is 1.23. The molecule has 1 aliphatic rings. The summed E-state index contributed by atoms with van der Waals surface area (Å²) in [5, 5.41) is 1.89. The standard InChI is InChI=1S/C20H19NO4S/c1-13-3-4-14(2)17(11-13)25-10-9-24-16-7-5-15(6-8-16)12-18-19(22)21-20(23)26-18/h3-8,11-12H,9-10H2,1-2H3,(H,21,22,23)/b18-12-. The molecule has 5 nitrogen and oxygen atoms in total. The smallest absolute Gasteiger partial charge is 0.290 e. The maximum atomic E-state index is 11.5. The van der Waals surface area contributed by atoms with Crippen molar-refractivity contribution in [2.24, 2.45) is 0 Å². The zero-order valence-corrected chi connectivity index (χ0v) is 15.4. The number of carbonyl (C=O) groups excluding carboxylic acids is 2. The van der Waals surface area contributed by atoms with Gasteiger partial charge in [0.1, 0.15) is 24.7 Å². The van der Waals surface area contributed by atoms with Crippen LogP contribution in [0.4, 0.5) is 4.79 Å². The zero-order chi connectivity index (χ0) is 18.5. The Balaban J connectivity index is 1.50. The van der Waals surface area contributed by atoms with E-state index in [2.05, 4.69) is 11.4 Å². The number of thioether (sulfide) groups is 1. The molecule has 2 aromatic carbocycles. The van der Waals surface area contributed by atoms with E-state index in [9.17, 15) is 9.59 Å². The number of rotatable bonds is 6. The molecule has 0 spiro atoms.